The molecule has 4 heteroatoms. The van der Waals surface area contributed by atoms with Crippen molar-refractivity contribution < 1.29 is 4.79 Å². The van der Waals surface area contributed by atoms with Gasteiger partial charge in [0.1, 0.15) is 0 Å². The predicted molar refractivity (Wildman–Crippen MR) is 69.7 cm³/mol. The third-order valence-corrected chi connectivity index (χ3v) is 3.35. The molecule has 1 unspecified atom stereocenters. The van der Waals surface area contributed by atoms with Gasteiger partial charge in [-0.3, -0.25) is 4.79 Å². The number of hydrogen-bond donors (Lipinski definition) is 1. The summed E-state index contributed by atoms with van der Waals surface area (Å²) in [6.45, 7) is 6.85. The number of rotatable bonds is 4. The zero-order valence-electron chi connectivity index (χ0n) is 10.5. The van der Waals surface area contributed by atoms with Crippen molar-refractivity contribution in [3.63, 3.8) is 0 Å². The maximum atomic E-state index is 11.7. The van der Waals surface area contributed by atoms with Crippen molar-refractivity contribution in [3.05, 3.63) is 0 Å². The molecule has 0 aromatic carbocycles. The first-order valence-corrected chi connectivity index (χ1v) is 6.09. The number of piperidine rings is 1. The Labute approximate surface area is 105 Å². The number of carbonyl (C=O) groups excluding carboxylic acids is 1. The van der Waals surface area contributed by atoms with Gasteiger partial charge in [-0.25, -0.2) is 0 Å². The second-order valence-electron chi connectivity index (χ2n) is 5.02. The highest BCUT2D eigenvalue weighted by atomic mass is 35.5. The summed E-state index contributed by atoms with van der Waals surface area (Å²) in [7, 11) is 0. The fourth-order valence-corrected chi connectivity index (χ4v) is 2.62. The zero-order valence-corrected chi connectivity index (χ0v) is 11.3. The largest absolute Gasteiger partial charge is 0.342 e. The molecular weight excluding hydrogens is 224 g/mol. The molecule has 1 rings (SSSR count). The number of carbonyl (C=O) groups is 1. The Morgan fingerprint density at radius 2 is 2.19 bits per heavy atom. The normalized spacial score (nSPS) is 25.1. The van der Waals surface area contributed by atoms with E-state index in [4.69, 9.17) is 5.73 Å². The molecule has 1 fully saturated rings. The van der Waals surface area contributed by atoms with Crippen LogP contribution in [0.1, 0.15) is 46.0 Å². The van der Waals surface area contributed by atoms with Gasteiger partial charge >= 0.3 is 0 Å². The van der Waals surface area contributed by atoms with E-state index in [2.05, 4.69) is 13.8 Å². The summed E-state index contributed by atoms with van der Waals surface area (Å²) in [5, 5.41) is 0. The monoisotopic (exact) mass is 248 g/mol. The lowest BCUT2D eigenvalue weighted by Crippen LogP contribution is -2.45. The summed E-state index contributed by atoms with van der Waals surface area (Å²) >= 11 is 0. The minimum absolute atomic E-state index is 0. The fourth-order valence-electron chi connectivity index (χ4n) is 2.62. The summed E-state index contributed by atoms with van der Waals surface area (Å²) in [6, 6.07) is 0. The third-order valence-electron chi connectivity index (χ3n) is 3.35. The quantitative estimate of drug-likeness (QED) is 0.829. The summed E-state index contributed by atoms with van der Waals surface area (Å²) in [5.74, 6) is 0.236. The highest BCUT2D eigenvalue weighted by Crippen LogP contribution is 2.33. The second kappa shape index (κ2) is 7.13. The van der Waals surface area contributed by atoms with Crippen molar-refractivity contribution in [2.45, 2.75) is 46.0 Å². The lowest BCUT2D eigenvalue weighted by atomic mass is 9.78. The number of halogens is 1. The average molecular weight is 249 g/mol. The molecule has 1 saturated heterocycles. The lowest BCUT2D eigenvalue weighted by Gasteiger charge is -2.40. The van der Waals surface area contributed by atoms with Gasteiger partial charge in [0.25, 0.3) is 0 Å². The van der Waals surface area contributed by atoms with Crippen molar-refractivity contribution in [2.24, 2.45) is 11.1 Å². The number of nitrogens with two attached hydrogens (primary N) is 1. The molecule has 0 aromatic heterocycles. The van der Waals surface area contributed by atoms with E-state index in [1.165, 1.54) is 19.3 Å². The molecule has 0 bridgehead atoms. The molecule has 1 heterocycles. The number of amides is 1. The Morgan fingerprint density at radius 1 is 1.50 bits per heavy atom. The van der Waals surface area contributed by atoms with Crippen LogP contribution in [0.3, 0.4) is 0 Å². The van der Waals surface area contributed by atoms with Crippen LogP contribution in [0.15, 0.2) is 0 Å². The van der Waals surface area contributed by atoms with Crippen LogP contribution in [0.4, 0.5) is 0 Å². The maximum Gasteiger partial charge on any atom is 0.223 e. The summed E-state index contributed by atoms with van der Waals surface area (Å²) < 4.78 is 0. The van der Waals surface area contributed by atoms with E-state index in [0.29, 0.717) is 18.4 Å². The molecule has 1 atom stereocenters. The van der Waals surface area contributed by atoms with E-state index in [0.717, 1.165) is 19.5 Å². The molecule has 3 nitrogen and oxygen atoms in total. The van der Waals surface area contributed by atoms with Crippen LogP contribution >= 0.6 is 12.4 Å². The van der Waals surface area contributed by atoms with E-state index in [1.807, 2.05) is 4.90 Å². The van der Waals surface area contributed by atoms with Crippen molar-refractivity contribution in [1.29, 1.82) is 0 Å². The Kier molecular flexibility index (Phi) is 7.00. The molecule has 1 aliphatic heterocycles. The molecule has 16 heavy (non-hydrogen) atoms. The van der Waals surface area contributed by atoms with Gasteiger partial charge < -0.3 is 10.6 Å². The first-order valence-electron chi connectivity index (χ1n) is 6.09. The van der Waals surface area contributed by atoms with Gasteiger partial charge in [-0.05, 0) is 24.7 Å². The number of hydrogen-bond acceptors (Lipinski definition) is 2. The molecule has 0 aliphatic carbocycles. The molecule has 96 valence electrons. The highest BCUT2D eigenvalue weighted by Gasteiger charge is 2.31. The summed E-state index contributed by atoms with van der Waals surface area (Å²) in [6.07, 6.45) is 5.33. The molecule has 1 aliphatic rings. The van der Waals surface area contributed by atoms with Gasteiger partial charge in [0.15, 0.2) is 0 Å². The predicted octanol–water partition coefficient (Wildman–Crippen LogP) is 2.19. The zero-order chi connectivity index (χ0) is 11.3. The van der Waals surface area contributed by atoms with Crippen molar-refractivity contribution in [1.82, 2.24) is 4.90 Å². The van der Waals surface area contributed by atoms with Crippen molar-refractivity contribution in [3.8, 4) is 0 Å². The molecule has 0 aromatic rings. The van der Waals surface area contributed by atoms with Gasteiger partial charge in [0.05, 0.1) is 0 Å². The molecule has 0 saturated carbocycles. The van der Waals surface area contributed by atoms with Crippen LogP contribution in [0.5, 0.6) is 0 Å². The average Bonchev–Trinajstić information content (AvgIpc) is 2.18. The van der Waals surface area contributed by atoms with E-state index in [9.17, 15) is 4.79 Å². The Bertz CT molecular complexity index is 219. The molecule has 1 amide bonds. The minimum atomic E-state index is 0. The van der Waals surface area contributed by atoms with E-state index in [-0.39, 0.29) is 18.3 Å². The first kappa shape index (κ1) is 15.7. The maximum absolute atomic E-state index is 11.7. The smallest absolute Gasteiger partial charge is 0.223 e. The van der Waals surface area contributed by atoms with Crippen LogP contribution in [-0.2, 0) is 4.79 Å². The van der Waals surface area contributed by atoms with E-state index >= 15 is 0 Å². The van der Waals surface area contributed by atoms with Gasteiger partial charge in [0, 0.05) is 26.1 Å². The Hall–Kier alpha value is -0.280. The SMILES string of the molecule is CCCC1(C)CCCN(C(=O)CCN)C1.Cl. The van der Waals surface area contributed by atoms with Crippen LogP contribution < -0.4 is 5.73 Å². The van der Waals surface area contributed by atoms with Gasteiger partial charge in [-0.2, -0.15) is 0 Å². The molecule has 2 N–H and O–H groups in total. The van der Waals surface area contributed by atoms with Gasteiger partial charge in [-0.1, -0.05) is 20.3 Å². The fraction of sp³-hybridized carbons (Fsp3) is 0.917. The minimum Gasteiger partial charge on any atom is -0.342 e. The number of likely N-dealkylation sites (tertiary alicyclic amines) is 1. The lowest BCUT2D eigenvalue weighted by molar-refractivity contribution is -0.134. The Balaban J connectivity index is 0.00000225. The van der Waals surface area contributed by atoms with Crippen LogP contribution in [-0.4, -0.2) is 30.4 Å². The van der Waals surface area contributed by atoms with Crippen LogP contribution in [0.2, 0.25) is 0 Å². The summed E-state index contributed by atoms with van der Waals surface area (Å²) in [5.41, 5.74) is 5.76. The van der Waals surface area contributed by atoms with Crippen molar-refractivity contribution in [2.75, 3.05) is 19.6 Å². The molecule has 0 spiro atoms. The van der Waals surface area contributed by atoms with Gasteiger partial charge in [-0.15, -0.1) is 12.4 Å². The molecular formula is C12H25ClN2O. The standard InChI is InChI=1S/C12H24N2O.ClH/c1-3-6-12(2)7-4-9-14(10-12)11(15)5-8-13;/h3-10,13H2,1-2H3;1H. The third kappa shape index (κ3) is 4.30. The van der Waals surface area contributed by atoms with Crippen LogP contribution in [0, 0.1) is 5.41 Å². The highest BCUT2D eigenvalue weighted by molar-refractivity contribution is 5.85. The summed E-state index contributed by atoms with van der Waals surface area (Å²) in [4.78, 5) is 13.7. The number of nitrogens with zero attached hydrogens (tertiary/aromatic N) is 1. The second-order valence-corrected chi connectivity index (χ2v) is 5.02. The Morgan fingerprint density at radius 3 is 2.75 bits per heavy atom. The molecule has 0 radical (unpaired) electrons. The first-order chi connectivity index (χ1) is 7.11. The van der Waals surface area contributed by atoms with E-state index in [1.54, 1.807) is 0 Å². The van der Waals surface area contributed by atoms with Crippen LogP contribution in [0.25, 0.3) is 0 Å². The topological polar surface area (TPSA) is 46.3 Å². The van der Waals surface area contributed by atoms with E-state index < -0.39 is 0 Å². The van der Waals surface area contributed by atoms with Gasteiger partial charge in [0.2, 0.25) is 5.91 Å². The van der Waals surface area contributed by atoms with Crippen molar-refractivity contribution >= 4 is 18.3 Å².